The summed E-state index contributed by atoms with van der Waals surface area (Å²) in [6, 6.07) is 0. The second kappa shape index (κ2) is 48.4. The largest absolute Gasteiger partial charge is 0.462 e. The van der Waals surface area contributed by atoms with Crippen LogP contribution in [0.2, 0.25) is 0 Å². The third-order valence-corrected chi connectivity index (χ3v) is 12.3. The van der Waals surface area contributed by atoms with Gasteiger partial charge in [-0.2, -0.15) is 0 Å². The van der Waals surface area contributed by atoms with Crippen LogP contribution >= 0.6 is 0 Å². The number of hydrogen-bond acceptors (Lipinski definition) is 6. The average Bonchev–Trinajstić information content (AvgIpc) is 3.23. The van der Waals surface area contributed by atoms with Gasteiger partial charge in [-0.1, -0.05) is 265 Å². The summed E-state index contributed by atoms with van der Waals surface area (Å²) < 4.78 is 16.8. The highest BCUT2D eigenvalue weighted by molar-refractivity contribution is 5.71. The van der Waals surface area contributed by atoms with E-state index >= 15 is 0 Å². The molecule has 0 aliphatic heterocycles. The fraction of sp³-hybridized carbons (Fsp3) is 0.944. The molecule has 0 radical (unpaired) electrons. The van der Waals surface area contributed by atoms with Crippen LogP contribution in [0.3, 0.4) is 0 Å². The van der Waals surface area contributed by atoms with Gasteiger partial charge in [-0.3, -0.25) is 14.4 Å². The molecule has 6 heteroatoms. The lowest BCUT2D eigenvalue weighted by molar-refractivity contribution is -0.167. The zero-order valence-corrected chi connectivity index (χ0v) is 40.9. The standard InChI is InChI=1S/C54H104O6/c1-5-7-9-11-13-15-17-18-19-20-21-22-23-24-26-29-33-37-41-45-52(55)58-48-51(60-54(57)47-43-39-35-30-25-16-14-12-10-8-6-2)49-59-53(56)46-42-38-34-31-27-28-32-36-40-44-50(3)4/h50-51H,5-49H2,1-4H3/t51-/m1/s1. The smallest absolute Gasteiger partial charge is 0.306 e. The van der Waals surface area contributed by atoms with Crippen molar-refractivity contribution in [2.45, 2.75) is 310 Å². The molecule has 0 aliphatic rings. The SMILES string of the molecule is CCCCCCCCCCCCCCCCCCCCCC(=O)OC[C@H](COC(=O)CCCCCCCCCCCC(C)C)OC(=O)CCCCCCCCCCCCC. The Kier molecular flexibility index (Phi) is 47.2. The molecule has 0 spiro atoms. The minimum absolute atomic E-state index is 0.0628. The highest BCUT2D eigenvalue weighted by atomic mass is 16.6. The maximum atomic E-state index is 12.8. The van der Waals surface area contributed by atoms with Crippen molar-refractivity contribution in [1.29, 1.82) is 0 Å². The number of hydrogen-bond donors (Lipinski definition) is 0. The molecular formula is C54H104O6. The van der Waals surface area contributed by atoms with E-state index in [1.807, 2.05) is 0 Å². The second-order valence-corrected chi connectivity index (χ2v) is 19.0. The van der Waals surface area contributed by atoms with E-state index in [2.05, 4.69) is 27.7 Å². The summed E-state index contributed by atoms with van der Waals surface area (Å²) in [5.41, 5.74) is 0. The Morgan fingerprint density at radius 2 is 0.550 bits per heavy atom. The first-order valence-corrected chi connectivity index (χ1v) is 26.9. The first kappa shape index (κ1) is 58.4. The molecule has 0 aromatic rings. The van der Waals surface area contributed by atoms with Crippen molar-refractivity contribution < 1.29 is 28.6 Å². The monoisotopic (exact) mass is 849 g/mol. The van der Waals surface area contributed by atoms with Gasteiger partial charge in [-0.25, -0.2) is 0 Å². The normalized spacial score (nSPS) is 11.9. The molecule has 0 rings (SSSR count). The predicted octanol–water partition coefficient (Wildman–Crippen LogP) is 17.5. The van der Waals surface area contributed by atoms with Gasteiger partial charge < -0.3 is 14.2 Å². The summed E-state index contributed by atoms with van der Waals surface area (Å²) in [6.45, 7) is 9.01. The molecule has 0 saturated heterocycles. The number of carbonyl (C=O) groups is 3. The molecule has 356 valence electrons. The van der Waals surface area contributed by atoms with E-state index in [9.17, 15) is 14.4 Å². The van der Waals surface area contributed by atoms with Gasteiger partial charge in [0.05, 0.1) is 0 Å². The van der Waals surface area contributed by atoms with Gasteiger partial charge >= 0.3 is 17.9 Å². The topological polar surface area (TPSA) is 78.9 Å². The van der Waals surface area contributed by atoms with Crippen LogP contribution in [0.15, 0.2) is 0 Å². The summed E-state index contributed by atoms with van der Waals surface area (Å²) in [7, 11) is 0. The molecule has 60 heavy (non-hydrogen) atoms. The third-order valence-electron chi connectivity index (χ3n) is 12.3. The van der Waals surface area contributed by atoms with E-state index in [-0.39, 0.29) is 31.1 Å². The summed E-state index contributed by atoms with van der Waals surface area (Å²) in [5.74, 6) is -0.0359. The van der Waals surface area contributed by atoms with Crippen LogP contribution in [0.4, 0.5) is 0 Å². The highest BCUT2D eigenvalue weighted by Gasteiger charge is 2.19. The zero-order chi connectivity index (χ0) is 43.8. The lowest BCUT2D eigenvalue weighted by Crippen LogP contribution is -2.30. The molecular weight excluding hydrogens is 745 g/mol. The average molecular weight is 849 g/mol. The van der Waals surface area contributed by atoms with E-state index in [0.717, 1.165) is 63.7 Å². The molecule has 0 fully saturated rings. The fourth-order valence-electron chi connectivity index (χ4n) is 8.22. The number of unbranched alkanes of at least 4 members (excludes halogenated alkanes) is 36. The van der Waals surface area contributed by atoms with Gasteiger partial charge in [0.15, 0.2) is 6.10 Å². The van der Waals surface area contributed by atoms with Crippen LogP contribution in [-0.2, 0) is 28.6 Å². The summed E-state index contributed by atoms with van der Waals surface area (Å²) in [6.07, 6.45) is 51.0. The van der Waals surface area contributed by atoms with Crippen molar-refractivity contribution in [2.75, 3.05) is 13.2 Å². The van der Waals surface area contributed by atoms with E-state index in [1.165, 1.54) is 199 Å². The first-order chi connectivity index (χ1) is 29.4. The molecule has 0 aliphatic carbocycles. The van der Waals surface area contributed by atoms with Crippen LogP contribution in [0.5, 0.6) is 0 Å². The predicted molar refractivity (Wildman–Crippen MR) is 257 cm³/mol. The summed E-state index contributed by atoms with van der Waals surface area (Å²) in [5, 5.41) is 0. The molecule has 0 N–H and O–H groups in total. The third kappa shape index (κ3) is 47.5. The number of carbonyl (C=O) groups excluding carboxylic acids is 3. The Hall–Kier alpha value is -1.59. The van der Waals surface area contributed by atoms with Crippen molar-refractivity contribution in [1.82, 2.24) is 0 Å². The Bertz CT molecular complexity index is 903. The Balaban J connectivity index is 4.23. The fourth-order valence-corrected chi connectivity index (χ4v) is 8.22. The Labute approximate surface area is 374 Å². The van der Waals surface area contributed by atoms with Crippen molar-refractivity contribution in [3.05, 3.63) is 0 Å². The Morgan fingerprint density at radius 1 is 0.317 bits per heavy atom. The van der Waals surface area contributed by atoms with E-state index in [4.69, 9.17) is 14.2 Å². The van der Waals surface area contributed by atoms with E-state index < -0.39 is 6.10 Å². The van der Waals surface area contributed by atoms with E-state index in [0.29, 0.717) is 19.3 Å². The van der Waals surface area contributed by atoms with E-state index in [1.54, 1.807) is 0 Å². The van der Waals surface area contributed by atoms with Crippen LogP contribution in [-0.4, -0.2) is 37.2 Å². The molecule has 6 nitrogen and oxygen atoms in total. The minimum Gasteiger partial charge on any atom is -0.462 e. The maximum absolute atomic E-state index is 12.8. The number of ether oxygens (including phenoxy) is 3. The lowest BCUT2D eigenvalue weighted by atomic mass is 10.0. The second-order valence-electron chi connectivity index (χ2n) is 19.0. The quantitative estimate of drug-likeness (QED) is 0.0345. The van der Waals surface area contributed by atoms with Gasteiger partial charge in [-0.15, -0.1) is 0 Å². The summed E-state index contributed by atoms with van der Waals surface area (Å²) in [4.78, 5) is 37.9. The molecule has 0 bridgehead atoms. The highest BCUT2D eigenvalue weighted by Crippen LogP contribution is 2.17. The van der Waals surface area contributed by atoms with Gasteiger partial charge in [0, 0.05) is 19.3 Å². The van der Waals surface area contributed by atoms with Crippen LogP contribution in [0, 0.1) is 5.92 Å². The van der Waals surface area contributed by atoms with Crippen LogP contribution < -0.4 is 0 Å². The first-order valence-electron chi connectivity index (χ1n) is 26.9. The number of esters is 3. The van der Waals surface area contributed by atoms with Crippen molar-refractivity contribution >= 4 is 17.9 Å². The van der Waals surface area contributed by atoms with Gasteiger partial charge in [0.1, 0.15) is 13.2 Å². The lowest BCUT2D eigenvalue weighted by Gasteiger charge is -2.18. The molecule has 0 saturated carbocycles. The van der Waals surface area contributed by atoms with Gasteiger partial charge in [0.25, 0.3) is 0 Å². The van der Waals surface area contributed by atoms with Crippen molar-refractivity contribution in [2.24, 2.45) is 5.92 Å². The molecule has 0 unspecified atom stereocenters. The molecule has 0 aromatic carbocycles. The number of rotatable bonds is 49. The minimum atomic E-state index is -0.760. The molecule has 1 atom stereocenters. The van der Waals surface area contributed by atoms with Crippen LogP contribution in [0.25, 0.3) is 0 Å². The Morgan fingerprint density at radius 3 is 0.817 bits per heavy atom. The van der Waals surface area contributed by atoms with Gasteiger partial charge in [0.2, 0.25) is 0 Å². The van der Waals surface area contributed by atoms with Gasteiger partial charge in [-0.05, 0) is 25.2 Å². The molecule has 0 aromatic heterocycles. The van der Waals surface area contributed by atoms with Crippen molar-refractivity contribution in [3.63, 3.8) is 0 Å². The van der Waals surface area contributed by atoms with Crippen LogP contribution in [0.1, 0.15) is 304 Å². The molecule has 0 amide bonds. The summed E-state index contributed by atoms with van der Waals surface area (Å²) >= 11 is 0. The maximum Gasteiger partial charge on any atom is 0.306 e. The molecule has 0 heterocycles. The zero-order valence-electron chi connectivity index (χ0n) is 40.9. The van der Waals surface area contributed by atoms with Crippen molar-refractivity contribution in [3.8, 4) is 0 Å².